The lowest BCUT2D eigenvalue weighted by Gasteiger charge is -2.54. The third-order valence-electron chi connectivity index (χ3n) is 5.77. The summed E-state index contributed by atoms with van der Waals surface area (Å²) >= 11 is 0. The fraction of sp³-hybridized carbons (Fsp3) is 0.941. The predicted molar refractivity (Wildman–Crippen MR) is 83.1 cm³/mol. The summed E-state index contributed by atoms with van der Waals surface area (Å²) in [5.41, 5.74) is 0.0131. The first-order valence-corrected chi connectivity index (χ1v) is 8.81. The second-order valence-corrected chi connectivity index (χ2v) is 7.21. The molecule has 0 aromatic rings. The van der Waals surface area contributed by atoms with E-state index in [1.165, 1.54) is 12.8 Å². The molecule has 21 heavy (non-hydrogen) atoms. The predicted octanol–water partition coefficient (Wildman–Crippen LogP) is 2.14. The van der Waals surface area contributed by atoms with Gasteiger partial charge in [-0.3, -0.25) is 4.79 Å². The first-order chi connectivity index (χ1) is 10.2. The van der Waals surface area contributed by atoms with Crippen molar-refractivity contribution in [1.82, 2.24) is 9.80 Å². The summed E-state index contributed by atoms with van der Waals surface area (Å²) in [6.07, 6.45) is 5.83. The van der Waals surface area contributed by atoms with Crippen LogP contribution in [0, 0.1) is 11.8 Å². The van der Waals surface area contributed by atoms with Crippen molar-refractivity contribution in [1.29, 1.82) is 0 Å². The van der Waals surface area contributed by atoms with Crippen LogP contribution >= 0.6 is 0 Å². The lowest BCUT2D eigenvalue weighted by atomic mass is 9.79. The Labute approximate surface area is 128 Å². The van der Waals surface area contributed by atoms with Crippen molar-refractivity contribution in [2.24, 2.45) is 11.8 Å². The highest BCUT2D eigenvalue weighted by atomic mass is 16.5. The molecule has 0 aromatic heterocycles. The number of amides is 1. The van der Waals surface area contributed by atoms with Crippen LogP contribution in [0.1, 0.15) is 46.0 Å². The van der Waals surface area contributed by atoms with E-state index in [2.05, 4.69) is 18.7 Å². The van der Waals surface area contributed by atoms with Gasteiger partial charge in [-0.25, -0.2) is 0 Å². The maximum absolute atomic E-state index is 12.2. The first-order valence-electron chi connectivity index (χ1n) is 8.81. The fourth-order valence-corrected chi connectivity index (χ4v) is 3.88. The monoisotopic (exact) mass is 294 g/mol. The SMILES string of the molecule is CCN(CC)C[C@@H]1CCC2(CN(C(=O)C3CCC3)C2)OC1. The van der Waals surface area contributed by atoms with Crippen LogP contribution in [0.2, 0.25) is 0 Å². The summed E-state index contributed by atoms with van der Waals surface area (Å²) in [6.45, 7) is 10.4. The molecule has 1 spiro atoms. The average molecular weight is 294 g/mol. The summed E-state index contributed by atoms with van der Waals surface area (Å²) in [7, 11) is 0. The molecule has 2 saturated heterocycles. The van der Waals surface area contributed by atoms with Gasteiger partial charge in [0.25, 0.3) is 0 Å². The van der Waals surface area contributed by atoms with Gasteiger partial charge < -0.3 is 14.5 Å². The molecular formula is C17H30N2O2. The van der Waals surface area contributed by atoms with Gasteiger partial charge in [-0.2, -0.15) is 0 Å². The molecule has 4 heteroatoms. The minimum absolute atomic E-state index is 0.0131. The molecule has 3 rings (SSSR count). The zero-order chi connectivity index (χ0) is 14.9. The van der Waals surface area contributed by atoms with E-state index >= 15 is 0 Å². The third-order valence-corrected chi connectivity index (χ3v) is 5.77. The molecule has 1 atom stereocenters. The quantitative estimate of drug-likeness (QED) is 0.779. The molecule has 0 aromatic carbocycles. The molecule has 0 unspecified atom stereocenters. The number of likely N-dealkylation sites (tertiary alicyclic amines) is 1. The van der Waals surface area contributed by atoms with Gasteiger partial charge in [-0.15, -0.1) is 0 Å². The van der Waals surface area contributed by atoms with Crippen LogP contribution in [0.4, 0.5) is 0 Å². The van der Waals surface area contributed by atoms with E-state index in [0.29, 0.717) is 17.7 Å². The maximum Gasteiger partial charge on any atom is 0.225 e. The number of nitrogens with zero attached hydrogens (tertiary/aromatic N) is 2. The topological polar surface area (TPSA) is 32.8 Å². The molecular weight excluding hydrogens is 264 g/mol. The van der Waals surface area contributed by atoms with Gasteiger partial charge in [0.2, 0.25) is 5.91 Å². The highest BCUT2D eigenvalue weighted by Gasteiger charge is 2.49. The van der Waals surface area contributed by atoms with Gasteiger partial charge >= 0.3 is 0 Å². The number of carbonyl (C=O) groups is 1. The van der Waals surface area contributed by atoms with Gasteiger partial charge in [-0.05, 0) is 44.7 Å². The molecule has 4 nitrogen and oxygen atoms in total. The summed E-state index contributed by atoms with van der Waals surface area (Å²) < 4.78 is 6.20. The Bertz CT molecular complexity index is 361. The average Bonchev–Trinajstić information content (AvgIpc) is 2.41. The van der Waals surface area contributed by atoms with E-state index in [-0.39, 0.29) is 5.60 Å². The summed E-state index contributed by atoms with van der Waals surface area (Å²) in [5.74, 6) is 1.40. The second-order valence-electron chi connectivity index (χ2n) is 7.21. The molecule has 1 amide bonds. The molecule has 1 aliphatic carbocycles. The van der Waals surface area contributed by atoms with Crippen molar-refractivity contribution in [3.63, 3.8) is 0 Å². The normalized spacial score (nSPS) is 28.5. The van der Waals surface area contributed by atoms with Gasteiger partial charge in [0.1, 0.15) is 5.60 Å². The van der Waals surface area contributed by atoms with E-state index in [0.717, 1.165) is 58.6 Å². The Hall–Kier alpha value is -0.610. The highest BCUT2D eigenvalue weighted by Crippen LogP contribution is 2.38. The lowest BCUT2D eigenvalue weighted by Crippen LogP contribution is -2.67. The van der Waals surface area contributed by atoms with Crippen molar-refractivity contribution in [2.75, 3.05) is 39.3 Å². The number of carbonyl (C=O) groups excluding carboxylic acids is 1. The minimum Gasteiger partial charge on any atom is -0.371 e. The molecule has 3 aliphatic rings. The van der Waals surface area contributed by atoms with Crippen LogP contribution in [-0.2, 0) is 9.53 Å². The largest absolute Gasteiger partial charge is 0.371 e. The van der Waals surface area contributed by atoms with E-state index in [1.54, 1.807) is 0 Å². The van der Waals surface area contributed by atoms with E-state index in [4.69, 9.17) is 4.74 Å². The van der Waals surface area contributed by atoms with Crippen LogP contribution in [-0.4, -0.2) is 60.6 Å². The van der Waals surface area contributed by atoms with Crippen molar-refractivity contribution in [3.8, 4) is 0 Å². The minimum atomic E-state index is 0.0131. The smallest absolute Gasteiger partial charge is 0.225 e. The van der Waals surface area contributed by atoms with Crippen molar-refractivity contribution >= 4 is 5.91 Å². The van der Waals surface area contributed by atoms with Crippen LogP contribution in [0.25, 0.3) is 0 Å². The molecule has 0 bridgehead atoms. The second kappa shape index (κ2) is 6.25. The molecule has 120 valence electrons. The van der Waals surface area contributed by atoms with Crippen LogP contribution in [0.5, 0.6) is 0 Å². The number of hydrogen-bond donors (Lipinski definition) is 0. The van der Waals surface area contributed by atoms with Crippen LogP contribution < -0.4 is 0 Å². The fourth-order valence-electron chi connectivity index (χ4n) is 3.88. The van der Waals surface area contributed by atoms with Gasteiger partial charge in [0, 0.05) is 12.5 Å². The molecule has 2 aliphatic heterocycles. The highest BCUT2D eigenvalue weighted by molar-refractivity contribution is 5.80. The Morgan fingerprint density at radius 3 is 2.43 bits per heavy atom. The molecule has 3 fully saturated rings. The number of rotatable bonds is 5. The Kier molecular flexibility index (Phi) is 4.55. The van der Waals surface area contributed by atoms with E-state index < -0.39 is 0 Å². The zero-order valence-corrected chi connectivity index (χ0v) is 13.6. The van der Waals surface area contributed by atoms with Crippen molar-refractivity contribution in [3.05, 3.63) is 0 Å². The summed E-state index contributed by atoms with van der Waals surface area (Å²) in [4.78, 5) is 16.7. The number of hydrogen-bond acceptors (Lipinski definition) is 3. The van der Waals surface area contributed by atoms with Crippen molar-refractivity contribution < 1.29 is 9.53 Å². The van der Waals surface area contributed by atoms with Gasteiger partial charge in [0.15, 0.2) is 0 Å². The number of ether oxygens (including phenoxy) is 1. The van der Waals surface area contributed by atoms with E-state index in [9.17, 15) is 4.79 Å². The first kappa shape index (κ1) is 15.3. The lowest BCUT2D eigenvalue weighted by molar-refractivity contribution is -0.193. The Morgan fingerprint density at radius 2 is 1.95 bits per heavy atom. The summed E-state index contributed by atoms with van der Waals surface area (Å²) in [6, 6.07) is 0. The van der Waals surface area contributed by atoms with E-state index in [1.807, 2.05) is 4.90 Å². The van der Waals surface area contributed by atoms with Gasteiger partial charge in [-0.1, -0.05) is 20.3 Å². The molecule has 0 N–H and O–H groups in total. The standard InChI is InChI=1S/C17H30N2O2/c1-3-18(4-2)10-14-8-9-17(21-11-14)12-19(13-17)16(20)15-6-5-7-15/h14-15H,3-13H2,1-2H3/t14-/m0/s1. The molecule has 2 heterocycles. The zero-order valence-electron chi connectivity index (χ0n) is 13.6. The Balaban J connectivity index is 1.41. The van der Waals surface area contributed by atoms with Crippen LogP contribution in [0.3, 0.4) is 0 Å². The molecule has 1 saturated carbocycles. The third kappa shape index (κ3) is 3.11. The Morgan fingerprint density at radius 1 is 1.24 bits per heavy atom. The summed E-state index contributed by atoms with van der Waals surface area (Å²) in [5, 5.41) is 0. The van der Waals surface area contributed by atoms with Crippen molar-refractivity contribution in [2.45, 2.75) is 51.6 Å². The van der Waals surface area contributed by atoms with Crippen LogP contribution in [0.15, 0.2) is 0 Å². The maximum atomic E-state index is 12.2. The van der Waals surface area contributed by atoms with Gasteiger partial charge in [0.05, 0.1) is 19.7 Å². The molecule has 0 radical (unpaired) electrons.